The van der Waals surface area contributed by atoms with E-state index in [2.05, 4.69) is 94.9 Å². The molecule has 0 bridgehead atoms. The van der Waals surface area contributed by atoms with Crippen LogP contribution < -0.4 is 9.64 Å². The maximum Gasteiger partial charge on any atom is 0.138 e. The number of hydrogen-bond donors (Lipinski definition) is 0. The molecule has 0 saturated carbocycles. The van der Waals surface area contributed by atoms with E-state index >= 15 is 0 Å². The molecule has 4 atom stereocenters. The van der Waals surface area contributed by atoms with Crippen molar-refractivity contribution in [1.82, 2.24) is 9.97 Å². The molecule has 0 N–H and O–H groups in total. The highest BCUT2D eigenvalue weighted by atomic mass is 16.5. The van der Waals surface area contributed by atoms with E-state index in [9.17, 15) is 0 Å². The Morgan fingerprint density at radius 1 is 0.842 bits per heavy atom. The largest absolute Gasteiger partial charge is 0.485 e. The molecule has 4 nitrogen and oxygen atoms in total. The second-order valence-corrected chi connectivity index (χ2v) is 10.5. The number of fused-ring (bicyclic) bond motifs is 6. The molecule has 0 spiro atoms. The van der Waals surface area contributed by atoms with Gasteiger partial charge in [-0.2, -0.15) is 0 Å². The molecular weight excluding hydrogens is 466 g/mol. The molecule has 1 aromatic carbocycles. The number of benzene rings is 1. The first-order chi connectivity index (χ1) is 18.8. The Bertz CT molecular complexity index is 1620. The zero-order valence-corrected chi connectivity index (χ0v) is 20.9. The van der Waals surface area contributed by atoms with Crippen LogP contribution in [0.5, 0.6) is 5.75 Å². The molecule has 8 rings (SSSR count). The van der Waals surface area contributed by atoms with Crippen molar-refractivity contribution in [1.29, 1.82) is 0 Å². The molecule has 0 amide bonds. The lowest BCUT2D eigenvalue weighted by Crippen LogP contribution is -2.31. The number of allylic oxidation sites excluding steroid dienone is 8. The van der Waals surface area contributed by atoms with Gasteiger partial charge in [-0.1, -0.05) is 66.8 Å². The first kappa shape index (κ1) is 21.6. The molecule has 2 aliphatic heterocycles. The van der Waals surface area contributed by atoms with Crippen LogP contribution >= 0.6 is 0 Å². The van der Waals surface area contributed by atoms with E-state index in [0.29, 0.717) is 11.8 Å². The zero-order chi connectivity index (χ0) is 25.1. The van der Waals surface area contributed by atoms with Crippen LogP contribution in [0.2, 0.25) is 0 Å². The Labute approximate surface area is 222 Å². The van der Waals surface area contributed by atoms with Gasteiger partial charge in [0.15, 0.2) is 0 Å². The minimum absolute atomic E-state index is 0.0575. The molecule has 4 heteroatoms. The number of ether oxygens (including phenoxy) is 1. The number of aromatic nitrogens is 2. The number of anilines is 2. The summed E-state index contributed by atoms with van der Waals surface area (Å²) in [4.78, 5) is 12.2. The van der Waals surface area contributed by atoms with Gasteiger partial charge in [-0.05, 0) is 66.8 Å². The second kappa shape index (κ2) is 8.56. The van der Waals surface area contributed by atoms with Crippen molar-refractivity contribution in [3.8, 4) is 17.1 Å². The number of pyridine rings is 2. The highest BCUT2D eigenvalue weighted by molar-refractivity contribution is 5.83. The van der Waals surface area contributed by atoms with Crippen molar-refractivity contribution in [2.75, 3.05) is 4.90 Å². The van der Waals surface area contributed by atoms with Crippen LogP contribution in [0.25, 0.3) is 17.5 Å². The van der Waals surface area contributed by atoms with Gasteiger partial charge in [0.05, 0.1) is 17.1 Å². The molecule has 3 aromatic rings. The van der Waals surface area contributed by atoms with E-state index < -0.39 is 0 Å². The van der Waals surface area contributed by atoms with Crippen molar-refractivity contribution in [3.63, 3.8) is 0 Å². The maximum absolute atomic E-state index is 6.39. The number of nitrogens with zero attached hydrogens (tertiary/aromatic N) is 3. The Morgan fingerprint density at radius 3 is 2.74 bits per heavy atom. The third kappa shape index (κ3) is 3.37. The fourth-order valence-corrected chi connectivity index (χ4v) is 6.47. The van der Waals surface area contributed by atoms with Crippen LogP contribution in [0.3, 0.4) is 0 Å². The van der Waals surface area contributed by atoms with Crippen molar-refractivity contribution in [3.05, 3.63) is 132 Å². The Kier molecular flexibility index (Phi) is 4.87. The monoisotopic (exact) mass is 493 g/mol. The van der Waals surface area contributed by atoms with Crippen LogP contribution in [-0.2, 0) is 0 Å². The van der Waals surface area contributed by atoms with Crippen LogP contribution in [0.1, 0.15) is 29.9 Å². The van der Waals surface area contributed by atoms with Gasteiger partial charge in [0.2, 0.25) is 0 Å². The van der Waals surface area contributed by atoms with Gasteiger partial charge in [0.1, 0.15) is 17.7 Å². The number of rotatable bonds is 2. The minimum atomic E-state index is 0.0575. The van der Waals surface area contributed by atoms with Gasteiger partial charge < -0.3 is 4.74 Å². The highest BCUT2D eigenvalue weighted by Gasteiger charge is 2.37. The van der Waals surface area contributed by atoms with Gasteiger partial charge in [-0.3, -0.25) is 9.88 Å². The molecule has 3 aliphatic carbocycles. The van der Waals surface area contributed by atoms with Crippen LogP contribution in [0, 0.1) is 11.8 Å². The lowest BCUT2D eigenvalue weighted by molar-refractivity contribution is 0.269. The van der Waals surface area contributed by atoms with Crippen LogP contribution in [0.15, 0.2) is 121 Å². The van der Waals surface area contributed by atoms with E-state index in [1.54, 1.807) is 0 Å². The van der Waals surface area contributed by atoms with E-state index in [1.165, 1.54) is 23.3 Å². The van der Waals surface area contributed by atoms with Gasteiger partial charge in [0.25, 0.3) is 0 Å². The Hall–Kier alpha value is -4.44. The van der Waals surface area contributed by atoms with Crippen LogP contribution in [-0.4, -0.2) is 16.1 Å². The molecule has 0 radical (unpaired) electrons. The molecule has 0 fully saturated rings. The highest BCUT2D eigenvalue weighted by Crippen LogP contribution is 2.50. The van der Waals surface area contributed by atoms with Crippen LogP contribution in [0.4, 0.5) is 11.5 Å². The lowest BCUT2D eigenvalue weighted by atomic mass is 9.76. The molecule has 2 aromatic heterocycles. The molecule has 0 saturated heterocycles. The summed E-state index contributed by atoms with van der Waals surface area (Å²) in [6.07, 6.45) is 26.8. The summed E-state index contributed by atoms with van der Waals surface area (Å²) in [6.45, 7) is 0. The summed E-state index contributed by atoms with van der Waals surface area (Å²) in [5.41, 5.74) is 7.80. The first-order valence-electron chi connectivity index (χ1n) is 13.5. The molecule has 5 aliphatic rings. The summed E-state index contributed by atoms with van der Waals surface area (Å²) < 4.78 is 6.39. The quantitative estimate of drug-likeness (QED) is 0.343. The summed E-state index contributed by atoms with van der Waals surface area (Å²) in [5, 5.41) is 0. The van der Waals surface area contributed by atoms with Crippen molar-refractivity contribution in [2.24, 2.45) is 11.8 Å². The molecule has 38 heavy (non-hydrogen) atoms. The van der Waals surface area contributed by atoms with Crippen molar-refractivity contribution >= 4 is 17.6 Å². The lowest BCUT2D eigenvalue weighted by Gasteiger charge is -2.38. The summed E-state index contributed by atoms with van der Waals surface area (Å²) >= 11 is 0. The minimum Gasteiger partial charge on any atom is -0.485 e. The van der Waals surface area contributed by atoms with Gasteiger partial charge in [-0.25, -0.2) is 4.98 Å². The average molecular weight is 494 g/mol. The standard InChI is InChI=1S/C34H27N3O/c1-2-9-25-22(8-1)15-16-23-17-18-24-20-32-27(26-10-3-4-13-31(26)38-32)21-30(24)37(34(23)25)33-14-7-12-29(36-33)28-11-5-6-19-35-28/h2-7,9-22,25-26,31H,1,8H2. The van der Waals surface area contributed by atoms with E-state index in [0.717, 1.165) is 40.6 Å². The molecule has 184 valence electrons. The van der Waals surface area contributed by atoms with E-state index in [1.807, 2.05) is 30.5 Å². The normalized spacial score (nSPS) is 25.7. The second-order valence-electron chi connectivity index (χ2n) is 10.5. The van der Waals surface area contributed by atoms with Gasteiger partial charge >= 0.3 is 0 Å². The van der Waals surface area contributed by atoms with Gasteiger partial charge in [-0.15, -0.1) is 0 Å². The van der Waals surface area contributed by atoms with E-state index in [-0.39, 0.29) is 12.0 Å². The van der Waals surface area contributed by atoms with Crippen molar-refractivity contribution in [2.45, 2.75) is 24.9 Å². The third-order valence-corrected chi connectivity index (χ3v) is 8.29. The number of hydrogen-bond acceptors (Lipinski definition) is 4. The van der Waals surface area contributed by atoms with Crippen molar-refractivity contribution < 1.29 is 4.74 Å². The Balaban J connectivity index is 1.35. The van der Waals surface area contributed by atoms with Gasteiger partial charge in [0, 0.05) is 34.9 Å². The smallest absolute Gasteiger partial charge is 0.138 e. The SMILES string of the molecule is C1=CC2Oc3cc4c(cc3C2C=C1)N(c1cccc(-c2ccccn2)n1)C1=C(C=C4)C=CC2CCC=CC12. The van der Waals surface area contributed by atoms with E-state index in [4.69, 9.17) is 9.72 Å². The fraction of sp³-hybridized carbons (Fsp3) is 0.176. The summed E-state index contributed by atoms with van der Waals surface area (Å²) in [6, 6.07) is 16.8. The average Bonchev–Trinajstić information content (AvgIpc) is 3.25. The first-order valence-corrected chi connectivity index (χ1v) is 13.5. The predicted octanol–water partition coefficient (Wildman–Crippen LogP) is 7.69. The third-order valence-electron chi connectivity index (χ3n) is 8.29. The molecule has 4 unspecified atom stereocenters. The fourth-order valence-electron chi connectivity index (χ4n) is 6.47. The maximum atomic E-state index is 6.39. The Morgan fingerprint density at radius 2 is 1.79 bits per heavy atom. The zero-order valence-electron chi connectivity index (χ0n) is 20.9. The topological polar surface area (TPSA) is 38.2 Å². The molecular formula is C34H27N3O. The predicted molar refractivity (Wildman–Crippen MR) is 152 cm³/mol. The summed E-state index contributed by atoms with van der Waals surface area (Å²) in [7, 11) is 0. The molecule has 4 heterocycles. The summed E-state index contributed by atoms with van der Waals surface area (Å²) in [5.74, 6) is 2.90.